The highest BCUT2D eigenvalue weighted by Gasteiger charge is 2.28. The number of Topliss-reactive ketones (excluding diaryl/α,β-unsaturated/α-hetero) is 1. The lowest BCUT2D eigenvalue weighted by Crippen LogP contribution is -2.30. The number of nitrogens with one attached hydrogen (secondary N) is 1. The monoisotopic (exact) mass is 490 g/mol. The maximum atomic E-state index is 12.7. The predicted molar refractivity (Wildman–Crippen MR) is 128 cm³/mol. The van der Waals surface area contributed by atoms with Gasteiger partial charge < -0.3 is 10.1 Å². The van der Waals surface area contributed by atoms with Gasteiger partial charge in [-0.1, -0.05) is 35.2 Å². The fourth-order valence-electron chi connectivity index (χ4n) is 3.38. The smallest absolute Gasteiger partial charge is 0.234 e. The molecule has 2 aromatic carbocycles. The zero-order valence-electron chi connectivity index (χ0n) is 17.6. The molecule has 0 bridgehead atoms. The lowest BCUT2D eigenvalue weighted by molar-refractivity contribution is 0.102. The molecule has 0 atom stereocenters. The number of rotatable bonds is 9. The summed E-state index contributed by atoms with van der Waals surface area (Å²) >= 11 is 2.68. The van der Waals surface area contributed by atoms with Crippen LogP contribution in [0.4, 0.5) is 16.5 Å². The Balaban J connectivity index is 1.39. The van der Waals surface area contributed by atoms with Crippen LogP contribution in [0.5, 0.6) is 5.75 Å². The van der Waals surface area contributed by atoms with Crippen molar-refractivity contribution in [3.63, 3.8) is 0 Å². The van der Waals surface area contributed by atoms with Crippen molar-refractivity contribution >= 4 is 55.4 Å². The molecule has 1 aliphatic rings. The molecular weight excluding hydrogens is 468 g/mol. The molecule has 0 fully saturated rings. The Morgan fingerprint density at radius 1 is 1.25 bits per heavy atom. The maximum Gasteiger partial charge on any atom is 0.234 e. The number of aromatic nitrogens is 2. The van der Waals surface area contributed by atoms with Crippen LogP contribution in [0.25, 0.3) is 0 Å². The average molecular weight is 491 g/mol. The number of anilines is 3. The number of methoxy groups -OCH3 is 1. The molecule has 1 aromatic heterocycles. The van der Waals surface area contributed by atoms with Gasteiger partial charge in [0.15, 0.2) is 10.1 Å². The van der Waals surface area contributed by atoms with Gasteiger partial charge in [0.2, 0.25) is 15.2 Å². The molecule has 0 spiro atoms. The number of carbonyl (C=O) groups excluding carboxylic acids is 1. The molecule has 0 amide bonds. The van der Waals surface area contributed by atoms with Crippen molar-refractivity contribution in [2.45, 2.75) is 17.7 Å². The van der Waals surface area contributed by atoms with E-state index in [0.29, 0.717) is 39.4 Å². The summed E-state index contributed by atoms with van der Waals surface area (Å²) in [5, 5.41) is 12.1. The fraction of sp³-hybridized carbons (Fsp3) is 0.286. The van der Waals surface area contributed by atoms with E-state index in [-0.39, 0.29) is 17.3 Å². The van der Waals surface area contributed by atoms with E-state index in [2.05, 4.69) is 15.5 Å². The van der Waals surface area contributed by atoms with Crippen LogP contribution >= 0.6 is 23.1 Å². The van der Waals surface area contributed by atoms with Gasteiger partial charge in [-0.05, 0) is 49.2 Å². The predicted octanol–water partition coefficient (Wildman–Crippen LogP) is 3.98. The summed E-state index contributed by atoms with van der Waals surface area (Å²) in [6, 6.07) is 12.7. The Hall–Kier alpha value is -2.63. The molecule has 8 nitrogen and oxygen atoms in total. The van der Waals surface area contributed by atoms with E-state index in [0.717, 1.165) is 11.3 Å². The summed E-state index contributed by atoms with van der Waals surface area (Å²) < 4.78 is 31.9. The number of hydrogen-bond donors (Lipinski definition) is 1. The van der Waals surface area contributed by atoms with E-state index in [9.17, 15) is 13.2 Å². The minimum Gasteiger partial charge on any atom is -0.495 e. The Kier molecular flexibility index (Phi) is 6.68. The molecule has 11 heteroatoms. The number of sulfonamides is 1. The van der Waals surface area contributed by atoms with Gasteiger partial charge in [-0.25, -0.2) is 8.42 Å². The number of para-hydroxylation sites is 2. The molecule has 2 heterocycles. The summed E-state index contributed by atoms with van der Waals surface area (Å²) in [6.07, 6.45) is 0.608. The first kappa shape index (κ1) is 22.6. The van der Waals surface area contributed by atoms with Crippen molar-refractivity contribution in [3.8, 4) is 5.75 Å². The SMILES string of the molecule is CCS(=O)(=O)N1CCc2cc(C(=O)CSc3nnc(Nc4ccccc4OC)s3)ccc21. The normalized spacial score (nSPS) is 13.1. The van der Waals surface area contributed by atoms with Gasteiger partial charge in [-0.15, -0.1) is 10.2 Å². The Morgan fingerprint density at radius 3 is 2.84 bits per heavy atom. The highest BCUT2D eigenvalue weighted by molar-refractivity contribution is 8.01. The van der Waals surface area contributed by atoms with Crippen LogP contribution < -0.4 is 14.4 Å². The third kappa shape index (κ3) is 4.74. The standard InChI is InChI=1S/C21H22N4O4S3/c1-3-32(27,28)25-11-10-14-12-15(8-9-17(14)25)18(26)13-30-21-24-23-20(31-21)22-16-6-4-5-7-19(16)29-2/h4-9,12H,3,10-11,13H2,1-2H3,(H,22,23). The van der Waals surface area contributed by atoms with Gasteiger partial charge >= 0.3 is 0 Å². The minimum atomic E-state index is -3.30. The molecule has 0 saturated heterocycles. The molecule has 1 N–H and O–H groups in total. The summed E-state index contributed by atoms with van der Waals surface area (Å²) in [4.78, 5) is 12.7. The van der Waals surface area contributed by atoms with Crippen molar-refractivity contribution in [1.82, 2.24) is 10.2 Å². The van der Waals surface area contributed by atoms with Crippen molar-refractivity contribution in [2.75, 3.05) is 34.8 Å². The number of hydrogen-bond acceptors (Lipinski definition) is 9. The van der Waals surface area contributed by atoms with Crippen molar-refractivity contribution in [1.29, 1.82) is 0 Å². The lowest BCUT2D eigenvalue weighted by atomic mass is 10.1. The van der Waals surface area contributed by atoms with Crippen molar-refractivity contribution in [2.24, 2.45) is 0 Å². The summed E-state index contributed by atoms with van der Waals surface area (Å²) in [5.74, 6) is 0.941. The van der Waals surface area contributed by atoms with Crippen LogP contribution in [0.2, 0.25) is 0 Å². The van der Waals surface area contributed by atoms with E-state index in [4.69, 9.17) is 4.74 Å². The quantitative estimate of drug-likeness (QED) is 0.355. The summed E-state index contributed by atoms with van der Waals surface area (Å²) in [6.45, 7) is 2.05. The van der Waals surface area contributed by atoms with E-state index >= 15 is 0 Å². The highest BCUT2D eigenvalue weighted by Crippen LogP contribution is 2.33. The minimum absolute atomic E-state index is 0.0379. The molecule has 1 aliphatic heterocycles. The number of thioether (sulfide) groups is 1. The second-order valence-corrected chi connectivity index (χ2v) is 11.4. The van der Waals surface area contributed by atoms with Crippen LogP contribution in [0, 0.1) is 0 Å². The molecular formula is C21H22N4O4S3. The Morgan fingerprint density at radius 2 is 2.06 bits per heavy atom. The van der Waals surface area contributed by atoms with Crippen LogP contribution in [-0.4, -0.2) is 49.6 Å². The third-order valence-corrected chi connectivity index (χ3v) is 8.79. The molecule has 0 unspecified atom stereocenters. The topological polar surface area (TPSA) is 101 Å². The first-order chi connectivity index (χ1) is 15.4. The first-order valence-electron chi connectivity index (χ1n) is 9.94. The van der Waals surface area contributed by atoms with E-state index in [1.54, 1.807) is 32.2 Å². The molecule has 4 rings (SSSR count). The first-order valence-corrected chi connectivity index (χ1v) is 13.4. The van der Waals surface area contributed by atoms with Crippen LogP contribution in [0.1, 0.15) is 22.8 Å². The molecule has 3 aromatic rings. The van der Waals surface area contributed by atoms with Crippen LogP contribution in [-0.2, 0) is 16.4 Å². The fourth-order valence-corrected chi connectivity index (χ4v) is 6.20. The molecule has 32 heavy (non-hydrogen) atoms. The van der Waals surface area contributed by atoms with E-state index in [1.807, 2.05) is 24.3 Å². The van der Waals surface area contributed by atoms with Crippen LogP contribution in [0.3, 0.4) is 0 Å². The number of ketones is 1. The second-order valence-electron chi connectivity index (χ2n) is 6.98. The maximum absolute atomic E-state index is 12.7. The van der Waals surface area contributed by atoms with Crippen molar-refractivity contribution in [3.05, 3.63) is 53.6 Å². The van der Waals surface area contributed by atoms with Gasteiger partial charge in [0.1, 0.15) is 5.75 Å². The Bertz CT molecular complexity index is 1240. The Labute approximate surface area is 195 Å². The molecule has 0 aliphatic carbocycles. The number of carbonyl (C=O) groups is 1. The number of fused-ring (bicyclic) bond motifs is 1. The average Bonchev–Trinajstić information content (AvgIpc) is 3.44. The number of ether oxygens (including phenoxy) is 1. The zero-order valence-corrected chi connectivity index (χ0v) is 20.0. The van der Waals surface area contributed by atoms with Gasteiger partial charge in [-0.2, -0.15) is 0 Å². The van der Waals surface area contributed by atoms with Gasteiger partial charge in [0, 0.05) is 12.1 Å². The van der Waals surface area contributed by atoms with Crippen molar-refractivity contribution < 1.29 is 17.9 Å². The number of benzene rings is 2. The zero-order chi connectivity index (χ0) is 22.7. The van der Waals surface area contributed by atoms with Gasteiger partial charge in [0.05, 0.1) is 30.0 Å². The van der Waals surface area contributed by atoms with E-state index < -0.39 is 10.0 Å². The van der Waals surface area contributed by atoms with Gasteiger partial charge in [0.25, 0.3) is 0 Å². The summed E-state index contributed by atoms with van der Waals surface area (Å²) in [7, 11) is -1.69. The molecule has 0 saturated carbocycles. The third-order valence-electron chi connectivity index (χ3n) is 5.04. The summed E-state index contributed by atoms with van der Waals surface area (Å²) in [5.41, 5.74) is 2.92. The van der Waals surface area contributed by atoms with E-state index in [1.165, 1.54) is 27.4 Å². The van der Waals surface area contributed by atoms with Crippen LogP contribution in [0.15, 0.2) is 46.8 Å². The molecule has 0 radical (unpaired) electrons. The highest BCUT2D eigenvalue weighted by atomic mass is 32.2. The number of nitrogens with zero attached hydrogens (tertiary/aromatic N) is 3. The second kappa shape index (κ2) is 9.47. The van der Waals surface area contributed by atoms with Gasteiger partial charge in [-0.3, -0.25) is 9.10 Å². The largest absolute Gasteiger partial charge is 0.495 e. The molecule has 168 valence electrons. The lowest BCUT2D eigenvalue weighted by Gasteiger charge is -2.18.